The van der Waals surface area contributed by atoms with Crippen molar-refractivity contribution in [2.75, 3.05) is 14.2 Å². The Labute approximate surface area is 112 Å². The minimum absolute atomic E-state index is 0.186. The molecule has 0 spiro atoms. The van der Waals surface area contributed by atoms with Crippen LogP contribution < -0.4 is 4.74 Å². The van der Waals surface area contributed by atoms with E-state index in [1.165, 1.54) is 0 Å². The molecule has 1 amide bonds. The van der Waals surface area contributed by atoms with Gasteiger partial charge in [-0.15, -0.1) is 0 Å². The Bertz CT molecular complexity index is 614. The molecular formula is C15H18N2O2. The van der Waals surface area contributed by atoms with E-state index in [9.17, 15) is 4.79 Å². The molecule has 0 aliphatic heterocycles. The molecule has 1 aromatic carbocycles. The maximum absolute atomic E-state index is 12.2. The second kappa shape index (κ2) is 4.61. The number of hydrogen-bond acceptors (Lipinski definition) is 2. The van der Waals surface area contributed by atoms with Crippen molar-refractivity contribution in [2.24, 2.45) is 0 Å². The smallest absolute Gasteiger partial charge is 0.227 e. The number of ether oxygens (including phenoxy) is 1. The molecule has 4 heteroatoms. The highest BCUT2D eigenvalue weighted by Gasteiger charge is 2.29. The van der Waals surface area contributed by atoms with Crippen LogP contribution in [0.1, 0.15) is 18.4 Å². The number of aromatic nitrogens is 1. The summed E-state index contributed by atoms with van der Waals surface area (Å²) in [4.78, 5) is 17.2. The molecule has 100 valence electrons. The van der Waals surface area contributed by atoms with E-state index in [1.807, 2.05) is 36.3 Å². The molecule has 1 aliphatic rings. The van der Waals surface area contributed by atoms with Crippen molar-refractivity contribution in [1.29, 1.82) is 0 Å². The van der Waals surface area contributed by atoms with Crippen LogP contribution in [0.4, 0.5) is 0 Å². The maximum atomic E-state index is 12.2. The van der Waals surface area contributed by atoms with Gasteiger partial charge in [-0.2, -0.15) is 0 Å². The van der Waals surface area contributed by atoms with Crippen LogP contribution in [0.3, 0.4) is 0 Å². The Morgan fingerprint density at radius 2 is 2.26 bits per heavy atom. The largest absolute Gasteiger partial charge is 0.495 e. The zero-order valence-corrected chi connectivity index (χ0v) is 11.3. The number of methoxy groups -OCH3 is 1. The van der Waals surface area contributed by atoms with Crippen LogP contribution in [0.15, 0.2) is 24.4 Å². The molecule has 19 heavy (non-hydrogen) atoms. The van der Waals surface area contributed by atoms with Gasteiger partial charge in [0.1, 0.15) is 5.75 Å². The molecule has 1 saturated carbocycles. The van der Waals surface area contributed by atoms with Gasteiger partial charge in [-0.25, -0.2) is 0 Å². The Balaban J connectivity index is 1.87. The molecule has 0 unspecified atom stereocenters. The number of rotatable bonds is 4. The van der Waals surface area contributed by atoms with Crippen molar-refractivity contribution < 1.29 is 9.53 Å². The fraction of sp³-hybridized carbons (Fsp3) is 0.400. The van der Waals surface area contributed by atoms with E-state index in [2.05, 4.69) is 4.98 Å². The predicted octanol–water partition coefficient (Wildman–Crippen LogP) is 2.34. The fourth-order valence-corrected chi connectivity index (χ4v) is 2.45. The van der Waals surface area contributed by atoms with Gasteiger partial charge in [0.15, 0.2) is 0 Å². The van der Waals surface area contributed by atoms with Gasteiger partial charge < -0.3 is 14.6 Å². The minimum atomic E-state index is 0.186. The number of nitrogens with zero attached hydrogens (tertiary/aromatic N) is 1. The average molecular weight is 258 g/mol. The lowest BCUT2D eigenvalue weighted by atomic mass is 10.1. The first-order valence-electron chi connectivity index (χ1n) is 6.59. The third-order valence-corrected chi connectivity index (χ3v) is 3.81. The number of para-hydroxylation sites is 1. The van der Waals surface area contributed by atoms with E-state index in [0.717, 1.165) is 35.1 Å². The lowest BCUT2D eigenvalue weighted by molar-refractivity contribution is -0.129. The summed E-state index contributed by atoms with van der Waals surface area (Å²) in [6.07, 6.45) is 4.64. The van der Waals surface area contributed by atoms with E-state index < -0.39 is 0 Å². The van der Waals surface area contributed by atoms with Crippen molar-refractivity contribution in [3.8, 4) is 5.75 Å². The number of nitrogens with one attached hydrogen (secondary N) is 1. The van der Waals surface area contributed by atoms with E-state index in [0.29, 0.717) is 12.5 Å². The van der Waals surface area contributed by atoms with Crippen molar-refractivity contribution in [3.63, 3.8) is 0 Å². The van der Waals surface area contributed by atoms with Crippen LogP contribution >= 0.6 is 0 Å². The zero-order valence-electron chi connectivity index (χ0n) is 11.3. The van der Waals surface area contributed by atoms with Gasteiger partial charge in [-0.3, -0.25) is 4.79 Å². The summed E-state index contributed by atoms with van der Waals surface area (Å²) in [6, 6.07) is 6.36. The third kappa shape index (κ3) is 2.18. The molecule has 0 atom stereocenters. The van der Waals surface area contributed by atoms with Crippen LogP contribution in [-0.4, -0.2) is 36.0 Å². The molecule has 1 aliphatic carbocycles. The Hall–Kier alpha value is -1.97. The second-order valence-electron chi connectivity index (χ2n) is 5.11. The van der Waals surface area contributed by atoms with E-state index in [-0.39, 0.29) is 5.91 Å². The number of fused-ring (bicyclic) bond motifs is 1. The molecule has 1 heterocycles. The molecule has 2 aromatic rings. The van der Waals surface area contributed by atoms with Gasteiger partial charge in [-0.1, -0.05) is 12.1 Å². The molecule has 4 nitrogen and oxygen atoms in total. The van der Waals surface area contributed by atoms with Crippen LogP contribution in [0, 0.1) is 0 Å². The monoisotopic (exact) mass is 258 g/mol. The maximum Gasteiger partial charge on any atom is 0.227 e. The van der Waals surface area contributed by atoms with Gasteiger partial charge in [0.2, 0.25) is 5.91 Å². The number of amides is 1. The number of hydrogen-bond donors (Lipinski definition) is 1. The summed E-state index contributed by atoms with van der Waals surface area (Å²) < 4.78 is 5.31. The summed E-state index contributed by atoms with van der Waals surface area (Å²) in [5.74, 6) is 0.998. The molecule has 1 aromatic heterocycles. The molecular weight excluding hydrogens is 240 g/mol. The first-order chi connectivity index (χ1) is 9.20. The van der Waals surface area contributed by atoms with Gasteiger partial charge in [-0.05, 0) is 24.5 Å². The molecule has 0 radical (unpaired) electrons. The van der Waals surface area contributed by atoms with Crippen LogP contribution in [-0.2, 0) is 11.2 Å². The number of likely N-dealkylation sites (N-methyl/N-ethyl adjacent to an activating group) is 1. The van der Waals surface area contributed by atoms with Crippen molar-refractivity contribution >= 4 is 16.8 Å². The fourth-order valence-electron chi connectivity index (χ4n) is 2.45. The van der Waals surface area contributed by atoms with Gasteiger partial charge >= 0.3 is 0 Å². The zero-order chi connectivity index (χ0) is 13.4. The lowest BCUT2D eigenvalue weighted by Crippen LogP contribution is -2.30. The molecule has 0 saturated heterocycles. The summed E-state index contributed by atoms with van der Waals surface area (Å²) in [6.45, 7) is 0. The highest BCUT2D eigenvalue weighted by molar-refractivity contribution is 5.92. The molecule has 1 fully saturated rings. The summed E-state index contributed by atoms with van der Waals surface area (Å²) in [5, 5.41) is 1.07. The standard InChI is InChI=1S/C15H18N2O2/c1-17(11-6-7-11)14(18)8-10-9-16-15-12(10)4-3-5-13(15)19-2/h3-5,9,11,16H,6-8H2,1-2H3. The predicted molar refractivity (Wildman–Crippen MR) is 74.3 cm³/mol. The highest BCUT2D eigenvalue weighted by Crippen LogP contribution is 2.29. The molecule has 3 rings (SSSR count). The SMILES string of the molecule is COc1cccc2c(CC(=O)N(C)C3CC3)c[nH]c12. The van der Waals surface area contributed by atoms with Crippen LogP contribution in [0.25, 0.3) is 10.9 Å². The Morgan fingerprint density at radius 3 is 2.95 bits per heavy atom. The number of benzene rings is 1. The molecule has 1 N–H and O–H groups in total. The van der Waals surface area contributed by atoms with E-state index >= 15 is 0 Å². The van der Waals surface area contributed by atoms with Gasteiger partial charge in [0.05, 0.1) is 19.0 Å². The first-order valence-corrected chi connectivity index (χ1v) is 6.59. The topological polar surface area (TPSA) is 45.3 Å². The van der Waals surface area contributed by atoms with Crippen LogP contribution in [0.2, 0.25) is 0 Å². The number of aromatic amines is 1. The lowest BCUT2D eigenvalue weighted by Gasteiger charge is -2.15. The van der Waals surface area contributed by atoms with Crippen molar-refractivity contribution in [1.82, 2.24) is 9.88 Å². The number of carbonyl (C=O) groups excluding carboxylic acids is 1. The highest BCUT2D eigenvalue weighted by atomic mass is 16.5. The van der Waals surface area contributed by atoms with E-state index in [1.54, 1.807) is 7.11 Å². The minimum Gasteiger partial charge on any atom is -0.495 e. The summed E-state index contributed by atoms with van der Waals surface area (Å²) in [5.41, 5.74) is 1.99. The molecule has 0 bridgehead atoms. The average Bonchev–Trinajstić information content (AvgIpc) is 3.20. The quantitative estimate of drug-likeness (QED) is 0.915. The first kappa shape index (κ1) is 12.1. The number of carbonyl (C=O) groups is 1. The van der Waals surface area contributed by atoms with Crippen LogP contribution in [0.5, 0.6) is 5.75 Å². The summed E-state index contributed by atoms with van der Waals surface area (Å²) >= 11 is 0. The van der Waals surface area contributed by atoms with Crippen molar-refractivity contribution in [2.45, 2.75) is 25.3 Å². The second-order valence-corrected chi connectivity index (χ2v) is 5.11. The third-order valence-electron chi connectivity index (χ3n) is 3.81. The normalized spacial score (nSPS) is 14.6. The van der Waals surface area contributed by atoms with Gasteiger partial charge in [0, 0.05) is 24.7 Å². The Kier molecular flexibility index (Phi) is 2.93. The van der Waals surface area contributed by atoms with Crippen molar-refractivity contribution in [3.05, 3.63) is 30.0 Å². The number of H-pyrrole nitrogens is 1. The Morgan fingerprint density at radius 1 is 1.47 bits per heavy atom. The summed E-state index contributed by atoms with van der Waals surface area (Å²) in [7, 11) is 3.55. The van der Waals surface area contributed by atoms with E-state index in [4.69, 9.17) is 4.74 Å². The van der Waals surface area contributed by atoms with Gasteiger partial charge in [0.25, 0.3) is 0 Å².